The van der Waals surface area contributed by atoms with Crippen LogP contribution in [0.15, 0.2) is 0 Å². The Kier molecular flexibility index (Phi) is 3.05. The summed E-state index contributed by atoms with van der Waals surface area (Å²) < 4.78 is 7.27. The lowest BCUT2D eigenvalue weighted by Crippen LogP contribution is -3.11. The van der Waals surface area contributed by atoms with Gasteiger partial charge in [0.2, 0.25) is 0 Å². The topological polar surface area (TPSA) is 19.9 Å². The van der Waals surface area contributed by atoms with Crippen LogP contribution in [0.5, 0.6) is 0 Å². The zero-order valence-corrected chi connectivity index (χ0v) is 8.42. The largest absolute Gasteiger partial charge is 0.445 e. The monoisotopic (exact) mass is 173 g/mol. The van der Waals surface area contributed by atoms with Gasteiger partial charge in [-0.15, -0.1) is 0 Å². The van der Waals surface area contributed by atoms with Crippen molar-refractivity contribution in [2.24, 2.45) is 0 Å². The lowest BCUT2D eigenvalue weighted by Gasteiger charge is -2.09. The molecule has 4 nitrogen and oxygen atoms in total. The lowest BCUT2D eigenvalue weighted by molar-refractivity contribution is -0.802. The maximum absolute atomic E-state index is 5.12. The van der Waals surface area contributed by atoms with Crippen LogP contribution < -0.4 is 4.90 Å². The number of guanidine groups is 1. The predicted molar refractivity (Wildman–Crippen MR) is 47.5 cm³/mol. The molecule has 1 atom stereocenters. The zero-order valence-electron chi connectivity index (χ0n) is 8.42. The van der Waals surface area contributed by atoms with Crippen LogP contribution in [0.4, 0.5) is 0 Å². The number of nitrogens with one attached hydrogen (secondary N) is 1. The summed E-state index contributed by atoms with van der Waals surface area (Å²) in [5.74, 6) is 1.32. The average Bonchev–Trinajstić information content (AvgIpc) is 2.32. The Hall–Kier alpha value is -0.610. The summed E-state index contributed by atoms with van der Waals surface area (Å²) in [6.07, 6.45) is 0. The quantitative estimate of drug-likeness (QED) is 0.490. The highest BCUT2D eigenvalue weighted by atomic mass is 16.5. The third kappa shape index (κ3) is 1.76. The van der Waals surface area contributed by atoms with Crippen molar-refractivity contribution in [2.45, 2.75) is 0 Å². The van der Waals surface area contributed by atoms with Crippen molar-refractivity contribution in [2.75, 3.05) is 48.1 Å². The molecule has 0 aromatic rings. The summed E-state index contributed by atoms with van der Waals surface area (Å²) in [6, 6.07) is 0. The highest BCUT2D eigenvalue weighted by Gasteiger charge is 2.36. The third-order valence-corrected chi connectivity index (χ3v) is 2.15. The van der Waals surface area contributed by atoms with E-state index in [1.165, 1.54) is 10.9 Å². The molecular formula is C8H19N3O+2. The van der Waals surface area contributed by atoms with Gasteiger partial charge in [-0.25, -0.2) is 9.48 Å². The first-order valence-electron chi connectivity index (χ1n) is 4.27. The molecule has 0 aromatic heterocycles. The van der Waals surface area contributed by atoms with Crippen LogP contribution in [0.1, 0.15) is 0 Å². The Morgan fingerprint density at radius 3 is 2.75 bits per heavy atom. The van der Waals surface area contributed by atoms with E-state index in [4.69, 9.17) is 4.74 Å². The van der Waals surface area contributed by atoms with E-state index in [-0.39, 0.29) is 0 Å². The second kappa shape index (κ2) is 3.87. The minimum absolute atomic E-state index is 0.699. The lowest BCUT2D eigenvalue weighted by atomic mass is 10.6. The number of methoxy groups -OCH3 is 1. The van der Waals surface area contributed by atoms with Gasteiger partial charge in [-0.1, -0.05) is 0 Å². The van der Waals surface area contributed by atoms with E-state index in [0.717, 1.165) is 13.1 Å². The highest BCUT2D eigenvalue weighted by Crippen LogP contribution is 1.90. The van der Waals surface area contributed by atoms with Crippen molar-refractivity contribution in [3.8, 4) is 0 Å². The molecule has 0 bridgehead atoms. The van der Waals surface area contributed by atoms with Gasteiger partial charge in [0.1, 0.15) is 13.1 Å². The highest BCUT2D eigenvalue weighted by molar-refractivity contribution is 5.66. The molecule has 0 aromatic carbocycles. The summed E-state index contributed by atoms with van der Waals surface area (Å²) in [5.41, 5.74) is 0. The standard InChI is InChI=1S/C8H18N3O/c1-9(2)8-10(3)5-6-11(8)7-12-4/h5-7H2,1-4H3/q+1/p+1. The minimum Gasteiger partial charge on any atom is -0.345 e. The molecule has 0 saturated carbocycles. The van der Waals surface area contributed by atoms with Gasteiger partial charge in [-0.2, -0.15) is 4.90 Å². The van der Waals surface area contributed by atoms with Gasteiger partial charge in [0.25, 0.3) is 0 Å². The van der Waals surface area contributed by atoms with Gasteiger partial charge in [0.05, 0.1) is 21.1 Å². The van der Waals surface area contributed by atoms with Gasteiger partial charge < -0.3 is 4.74 Å². The van der Waals surface area contributed by atoms with E-state index in [0.29, 0.717) is 6.73 Å². The first kappa shape index (κ1) is 9.48. The Bertz CT molecular complexity index is 185. The van der Waals surface area contributed by atoms with Crippen molar-refractivity contribution in [1.29, 1.82) is 0 Å². The fourth-order valence-corrected chi connectivity index (χ4v) is 1.74. The van der Waals surface area contributed by atoms with Crippen LogP contribution >= 0.6 is 0 Å². The van der Waals surface area contributed by atoms with Gasteiger partial charge in [-0.05, 0) is 0 Å². The van der Waals surface area contributed by atoms with Crippen LogP contribution in [-0.2, 0) is 4.74 Å². The molecule has 1 fully saturated rings. The molecule has 0 amide bonds. The van der Waals surface area contributed by atoms with Crippen LogP contribution in [0.25, 0.3) is 0 Å². The molecule has 1 rings (SSSR count). The predicted octanol–water partition coefficient (Wildman–Crippen LogP) is -1.95. The van der Waals surface area contributed by atoms with Crippen LogP contribution in [0.2, 0.25) is 0 Å². The Morgan fingerprint density at radius 2 is 2.25 bits per heavy atom. The number of rotatable bonds is 2. The molecule has 1 saturated heterocycles. The van der Waals surface area contributed by atoms with Crippen LogP contribution in [0.3, 0.4) is 0 Å². The second-order valence-electron chi connectivity index (χ2n) is 3.43. The first-order valence-corrected chi connectivity index (χ1v) is 4.27. The van der Waals surface area contributed by atoms with Crippen LogP contribution in [-0.4, -0.2) is 63.5 Å². The fourth-order valence-electron chi connectivity index (χ4n) is 1.74. The van der Waals surface area contributed by atoms with Gasteiger partial charge >= 0.3 is 5.96 Å². The third-order valence-electron chi connectivity index (χ3n) is 2.15. The molecule has 70 valence electrons. The van der Waals surface area contributed by atoms with Crippen molar-refractivity contribution in [3.63, 3.8) is 0 Å². The molecule has 1 N–H and O–H groups in total. The SMILES string of the molecule is COCN1CC[NH+](C)C1=[N+](C)C. The second-order valence-corrected chi connectivity index (χ2v) is 3.43. The van der Waals surface area contributed by atoms with E-state index < -0.39 is 0 Å². The summed E-state index contributed by atoms with van der Waals surface area (Å²) in [7, 11) is 8.07. The minimum atomic E-state index is 0.699. The summed E-state index contributed by atoms with van der Waals surface area (Å²) >= 11 is 0. The van der Waals surface area contributed by atoms with E-state index in [1.54, 1.807) is 7.11 Å². The number of nitrogens with zero attached hydrogens (tertiary/aromatic N) is 2. The molecule has 1 heterocycles. The molecule has 12 heavy (non-hydrogen) atoms. The molecule has 0 aliphatic carbocycles. The number of ether oxygens (including phenoxy) is 1. The van der Waals surface area contributed by atoms with Crippen molar-refractivity contribution in [3.05, 3.63) is 0 Å². The van der Waals surface area contributed by atoms with E-state index >= 15 is 0 Å². The van der Waals surface area contributed by atoms with Gasteiger partial charge in [-0.3, -0.25) is 0 Å². The Balaban J connectivity index is 2.71. The molecule has 4 heteroatoms. The summed E-state index contributed by atoms with van der Waals surface area (Å²) in [4.78, 5) is 3.71. The number of hydrogen-bond acceptors (Lipinski definition) is 1. The number of likely N-dealkylation sites (N-methyl/N-ethyl adjacent to an activating group) is 1. The van der Waals surface area contributed by atoms with Gasteiger partial charge in [0.15, 0.2) is 6.73 Å². The van der Waals surface area contributed by atoms with Crippen molar-refractivity contribution >= 4 is 5.96 Å². The summed E-state index contributed by atoms with van der Waals surface area (Å²) in [6.45, 7) is 2.95. The molecule has 1 aliphatic heterocycles. The smallest absolute Gasteiger partial charge is 0.345 e. The summed E-state index contributed by atoms with van der Waals surface area (Å²) in [5, 5.41) is 0. The Morgan fingerprint density at radius 1 is 1.58 bits per heavy atom. The van der Waals surface area contributed by atoms with Gasteiger partial charge in [0, 0.05) is 7.11 Å². The molecule has 1 aliphatic rings. The average molecular weight is 173 g/mol. The van der Waals surface area contributed by atoms with Crippen molar-refractivity contribution < 1.29 is 14.2 Å². The fraction of sp³-hybridized carbons (Fsp3) is 0.875. The zero-order chi connectivity index (χ0) is 9.14. The maximum atomic E-state index is 5.12. The number of quaternary nitrogens is 1. The van der Waals surface area contributed by atoms with Crippen LogP contribution in [0, 0.1) is 0 Å². The molecule has 0 radical (unpaired) electrons. The van der Waals surface area contributed by atoms with E-state index in [1.807, 2.05) is 0 Å². The van der Waals surface area contributed by atoms with E-state index in [2.05, 4.69) is 30.6 Å². The molecular weight excluding hydrogens is 154 g/mol. The van der Waals surface area contributed by atoms with E-state index in [9.17, 15) is 0 Å². The number of hydrogen-bond donors (Lipinski definition) is 1. The Labute approximate surface area is 74.0 Å². The first-order chi connectivity index (χ1) is 5.66. The maximum Gasteiger partial charge on any atom is 0.445 e. The normalized spacial score (nSPS) is 23.5. The molecule has 1 unspecified atom stereocenters. The van der Waals surface area contributed by atoms with Crippen molar-refractivity contribution in [1.82, 2.24) is 4.90 Å². The molecule has 0 spiro atoms.